The number of nitrogens with zero attached hydrogens (tertiary/aromatic N) is 1. The normalized spacial score (nSPS) is 29.8. The van der Waals surface area contributed by atoms with Crippen molar-refractivity contribution in [2.24, 2.45) is 0 Å². The molecule has 2 heterocycles. The van der Waals surface area contributed by atoms with Gasteiger partial charge in [0.15, 0.2) is 0 Å². The third-order valence-corrected chi connectivity index (χ3v) is 6.13. The molecule has 0 aliphatic carbocycles. The number of hydrogen-bond donors (Lipinski definition) is 3. The van der Waals surface area contributed by atoms with E-state index in [1.165, 1.54) is 11.8 Å². The highest BCUT2D eigenvalue weighted by molar-refractivity contribution is 7.99. The third-order valence-electron chi connectivity index (χ3n) is 4.97. The van der Waals surface area contributed by atoms with E-state index < -0.39 is 48.2 Å². The van der Waals surface area contributed by atoms with Crippen molar-refractivity contribution in [2.75, 3.05) is 6.61 Å². The van der Waals surface area contributed by atoms with E-state index in [9.17, 15) is 24.9 Å². The van der Waals surface area contributed by atoms with Crippen LogP contribution in [-0.2, 0) is 4.74 Å². The number of fused-ring (bicyclic) bond motifs is 1. The molecule has 0 unspecified atom stereocenters. The van der Waals surface area contributed by atoms with Gasteiger partial charge in [-0.05, 0) is 24.3 Å². The quantitative estimate of drug-likeness (QED) is 0.653. The standard InChI is InChI=1S/C20H19NO6S/c22-10-14-16(23)17(24)15(20(27-14)28-11-6-2-1-3-7-11)21-18(25)12-8-4-5-9-13(12)19(21)26/h1-9,14-17,20,22-24H,10H2/t14-,15-,16-,17-,20+/m1/s1. The summed E-state index contributed by atoms with van der Waals surface area (Å²) in [4.78, 5) is 27.6. The Bertz CT molecular complexity index is 856. The van der Waals surface area contributed by atoms with E-state index in [1.54, 1.807) is 24.3 Å². The lowest BCUT2D eigenvalue weighted by molar-refractivity contribution is -0.181. The maximum Gasteiger partial charge on any atom is 0.262 e. The van der Waals surface area contributed by atoms with Gasteiger partial charge in [0.25, 0.3) is 11.8 Å². The van der Waals surface area contributed by atoms with Crippen molar-refractivity contribution >= 4 is 23.6 Å². The van der Waals surface area contributed by atoms with Crippen LogP contribution in [0.3, 0.4) is 0 Å². The van der Waals surface area contributed by atoms with Gasteiger partial charge in [0, 0.05) is 4.90 Å². The fraction of sp³-hybridized carbons (Fsp3) is 0.300. The first-order valence-electron chi connectivity index (χ1n) is 8.84. The lowest BCUT2D eigenvalue weighted by Crippen LogP contribution is -2.64. The average molecular weight is 401 g/mol. The largest absolute Gasteiger partial charge is 0.394 e. The van der Waals surface area contributed by atoms with Gasteiger partial charge in [0.2, 0.25) is 0 Å². The second kappa shape index (κ2) is 7.65. The number of aliphatic hydroxyl groups excluding tert-OH is 3. The Kier molecular flexibility index (Phi) is 5.22. The van der Waals surface area contributed by atoms with E-state index >= 15 is 0 Å². The summed E-state index contributed by atoms with van der Waals surface area (Å²) in [6.45, 7) is -0.501. The molecule has 0 spiro atoms. The molecule has 5 atom stereocenters. The molecule has 146 valence electrons. The predicted octanol–water partition coefficient (Wildman–Crippen LogP) is 0.883. The van der Waals surface area contributed by atoms with Gasteiger partial charge in [-0.1, -0.05) is 42.1 Å². The fourth-order valence-electron chi connectivity index (χ4n) is 3.55. The number of imide groups is 1. The SMILES string of the molecule is O=C1c2ccccc2C(=O)N1[C@@H]1[C@@H](O)[C@H](O)[C@@H](CO)O[C@H]1Sc1ccccc1. The minimum absolute atomic E-state index is 0.252. The maximum atomic E-state index is 12.9. The molecule has 2 aliphatic heterocycles. The number of ether oxygens (including phenoxy) is 1. The van der Waals surface area contributed by atoms with Gasteiger partial charge < -0.3 is 20.1 Å². The second-order valence-electron chi connectivity index (χ2n) is 6.65. The summed E-state index contributed by atoms with van der Waals surface area (Å²) in [6, 6.07) is 14.5. The molecule has 7 nitrogen and oxygen atoms in total. The van der Waals surface area contributed by atoms with Crippen LogP contribution in [0.5, 0.6) is 0 Å². The number of aliphatic hydroxyl groups is 3. The highest BCUT2D eigenvalue weighted by Crippen LogP contribution is 2.38. The van der Waals surface area contributed by atoms with Crippen LogP contribution in [0.15, 0.2) is 59.5 Å². The van der Waals surface area contributed by atoms with Gasteiger partial charge >= 0.3 is 0 Å². The van der Waals surface area contributed by atoms with Crippen LogP contribution in [0.1, 0.15) is 20.7 Å². The van der Waals surface area contributed by atoms with Crippen molar-refractivity contribution in [1.29, 1.82) is 0 Å². The fourth-order valence-corrected chi connectivity index (χ4v) is 4.75. The molecule has 2 amide bonds. The van der Waals surface area contributed by atoms with Crippen molar-refractivity contribution in [3.8, 4) is 0 Å². The summed E-state index contributed by atoms with van der Waals surface area (Å²) < 4.78 is 5.80. The molecule has 2 aromatic carbocycles. The first-order chi connectivity index (χ1) is 13.5. The van der Waals surface area contributed by atoms with E-state index in [4.69, 9.17) is 4.74 Å². The summed E-state index contributed by atoms with van der Waals surface area (Å²) in [7, 11) is 0. The van der Waals surface area contributed by atoms with E-state index in [2.05, 4.69) is 0 Å². The van der Waals surface area contributed by atoms with Gasteiger partial charge in [-0.2, -0.15) is 0 Å². The zero-order chi connectivity index (χ0) is 19.8. The number of rotatable bonds is 4. The zero-order valence-corrected chi connectivity index (χ0v) is 15.5. The Morgan fingerprint density at radius 1 is 0.893 bits per heavy atom. The molecule has 0 radical (unpaired) electrons. The first kappa shape index (κ1) is 19.1. The Morgan fingerprint density at radius 3 is 2.04 bits per heavy atom. The number of hydrogen-bond acceptors (Lipinski definition) is 7. The van der Waals surface area contributed by atoms with E-state index in [0.29, 0.717) is 0 Å². The van der Waals surface area contributed by atoms with Gasteiger partial charge in [0.05, 0.1) is 17.7 Å². The zero-order valence-electron chi connectivity index (χ0n) is 14.7. The molecular weight excluding hydrogens is 382 g/mol. The number of amides is 2. The van der Waals surface area contributed by atoms with Crippen LogP contribution in [-0.4, -0.2) is 68.4 Å². The summed E-state index contributed by atoms with van der Waals surface area (Å²) in [6.07, 6.45) is -3.93. The lowest BCUT2D eigenvalue weighted by atomic mass is 9.97. The molecule has 1 fully saturated rings. The van der Waals surface area contributed by atoms with Crippen LogP contribution in [0, 0.1) is 0 Å². The lowest BCUT2D eigenvalue weighted by Gasteiger charge is -2.44. The van der Waals surface area contributed by atoms with Crippen LogP contribution >= 0.6 is 11.8 Å². The summed E-state index contributed by atoms with van der Waals surface area (Å²) >= 11 is 1.22. The van der Waals surface area contributed by atoms with Crippen LogP contribution in [0.2, 0.25) is 0 Å². The summed E-state index contributed by atoms with van der Waals surface area (Å²) in [5, 5.41) is 30.6. The van der Waals surface area contributed by atoms with Crippen LogP contribution in [0.25, 0.3) is 0 Å². The van der Waals surface area contributed by atoms with Crippen molar-refractivity contribution < 1.29 is 29.6 Å². The average Bonchev–Trinajstić information content (AvgIpc) is 2.97. The van der Waals surface area contributed by atoms with E-state index in [-0.39, 0.29) is 11.1 Å². The molecular formula is C20H19NO6S. The number of thioether (sulfide) groups is 1. The highest BCUT2D eigenvalue weighted by Gasteiger charge is 2.52. The predicted molar refractivity (Wildman–Crippen MR) is 101 cm³/mol. The van der Waals surface area contributed by atoms with Gasteiger partial charge in [-0.3, -0.25) is 14.5 Å². The Hall–Kier alpha value is -2.23. The molecule has 4 rings (SSSR count). The van der Waals surface area contributed by atoms with Crippen LogP contribution in [0.4, 0.5) is 0 Å². The van der Waals surface area contributed by atoms with Gasteiger partial charge in [0.1, 0.15) is 29.8 Å². The number of carbonyl (C=O) groups is 2. The maximum absolute atomic E-state index is 12.9. The van der Waals surface area contributed by atoms with E-state index in [1.807, 2.05) is 30.3 Å². The minimum atomic E-state index is -1.46. The van der Waals surface area contributed by atoms with Gasteiger partial charge in [-0.25, -0.2) is 0 Å². The molecule has 2 aliphatic rings. The Balaban J connectivity index is 1.71. The molecule has 0 saturated carbocycles. The molecule has 2 aromatic rings. The number of benzene rings is 2. The smallest absolute Gasteiger partial charge is 0.262 e. The van der Waals surface area contributed by atoms with Gasteiger partial charge in [-0.15, -0.1) is 0 Å². The van der Waals surface area contributed by atoms with Crippen LogP contribution < -0.4 is 0 Å². The molecule has 28 heavy (non-hydrogen) atoms. The summed E-state index contributed by atoms with van der Waals surface area (Å²) in [5.41, 5.74) is -0.357. The third kappa shape index (κ3) is 3.13. The molecule has 3 N–H and O–H groups in total. The van der Waals surface area contributed by atoms with E-state index in [0.717, 1.165) is 9.80 Å². The Labute approximate surface area is 165 Å². The van der Waals surface area contributed by atoms with Crippen molar-refractivity contribution in [3.63, 3.8) is 0 Å². The number of carbonyl (C=O) groups excluding carboxylic acids is 2. The minimum Gasteiger partial charge on any atom is -0.394 e. The molecule has 8 heteroatoms. The summed E-state index contributed by atoms with van der Waals surface area (Å²) in [5.74, 6) is -1.08. The van der Waals surface area contributed by atoms with Crippen molar-refractivity contribution in [2.45, 2.75) is 34.7 Å². The van der Waals surface area contributed by atoms with Crippen molar-refractivity contribution in [1.82, 2.24) is 4.90 Å². The molecule has 1 saturated heterocycles. The molecule has 0 aromatic heterocycles. The van der Waals surface area contributed by atoms with Crippen molar-refractivity contribution in [3.05, 3.63) is 65.7 Å². The first-order valence-corrected chi connectivity index (χ1v) is 9.72. The topological polar surface area (TPSA) is 107 Å². The highest BCUT2D eigenvalue weighted by atomic mass is 32.2. The second-order valence-corrected chi connectivity index (χ2v) is 7.83. The monoisotopic (exact) mass is 401 g/mol. The molecule has 0 bridgehead atoms. The Morgan fingerprint density at radius 2 is 1.46 bits per heavy atom.